The Morgan fingerprint density at radius 3 is 1.53 bits per heavy atom. The summed E-state index contributed by atoms with van der Waals surface area (Å²) in [6.07, 6.45) is 14.4. The van der Waals surface area contributed by atoms with Crippen LogP contribution in [0, 0.1) is 6.58 Å². The molecule has 0 heteroatoms. The van der Waals surface area contributed by atoms with Crippen molar-refractivity contribution in [2.75, 3.05) is 0 Å². The summed E-state index contributed by atoms with van der Waals surface area (Å²) in [6.45, 7) is 10.5. The molecule has 0 saturated heterocycles. The molecule has 0 spiro atoms. The molecule has 15 heavy (non-hydrogen) atoms. The zero-order valence-corrected chi connectivity index (χ0v) is 10.9. The first-order valence-corrected chi connectivity index (χ1v) is 6.91. The highest BCUT2D eigenvalue weighted by molar-refractivity contribution is 4.90. The summed E-state index contributed by atoms with van der Waals surface area (Å²) < 4.78 is 0. The standard InChI is InChI=1S/C15H29/c1-4-6-8-10-12-14-15(3)13-11-9-7-5-2/h3H,4-14H2,1-2H3. The van der Waals surface area contributed by atoms with E-state index in [4.69, 9.17) is 6.58 Å². The van der Waals surface area contributed by atoms with Gasteiger partial charge in [-0.05, 0) is 25.7 Å². The molecule has 0 nitrogen and oxygen atoms in total. The van der Waals surface area contributed by atoms with E-state index in [0.717, 1.165) is 12.8 Å². The molecule has 1 radical (unpaired) electrons. The van der Waals surface area contributed by atoms with Crippen LogP contribution in [0.15, 0.2) is 5.57 Å². The molecule has 0 aromatic rings. The highest BCUT2D eigenvalue weighted by Crippen LogP contribution is 2.15. The number of unbranched alkanes of at least 4 members (excludes halogenated alkanes) is 7. The van der Waals surface area contributed by atoms with Gasteiger partial charge in [-0.25, -0.2) is 0 Å². The lowest BCUT2D eigenvalue weighted by Gasteiger charge is -2.05. The van der Waals surface area contributed by atoms with E-state index in [1.165, 1.54) is 63.4 Å². The quantitative estimate of drug-likeness (QED) is 0.384. The van der Waals surface area contributed by atoms with Crippen molar-refractivity contribution in [2.24, 2.45) is 0 Å². The van der Waals surface area contributed by atoms with Crippen LogP contribution < -0.4 is 0 Å². The van der Waals surface area contributed by atoms with Crippen molar-refractivity contribution in [2.45, 2.75) is 84.5 Å². The van der Waals surface area contributed by atoms with Gasteiger partial charge in [0, 0.05) is 0 Å². The number of hydrogen-bond acceptors (Lipinski definition) is 0. The van der Waals surface area contributed by atoms with Crippen LogP contribution in [0.1, 0.15) is 84.5 Å². The van der Waals surface area contributed by atoms with Gasteiger partial charge in [-0.1, -0.05) is 70.9 Å². The van der Waals surface area contributed by atoms with Gasteiger partial charge in [0.25, 0.3) is 0 Å². The molecule has 0 atom stereocenters. The van der Waals surface area contributed by atoms with Gasteiger partial charge in [0.15, 0.2) is 0 Å². The second kappa shape index (κ2) is 11.8. The van der Waals surface area contributed by atoms with Crippen molar-refractivity contribution in [1.82, 2.24) is 0 Å². The summed E-state index contributed by atoms with van der Waals surface area (Å²) in [7, 11) is 0. The SMILES string of the molecule is [CH]=C(CCCCCC)CCCCCCC. The van der Waals surface area contributed by atoms with Crippen LogP contribution in [0.5, 0.6) is 0 Å². The molecule has 0 heterocycles. The Bertz CT molecular complexity index is 135. The predicted molar refractivity (Wildman–Crippen MR) is 69.9 cm³/mol. The highest BCUT2D eigenvalue weighted by Gasteiger charge is 1.96. The molecule has 0 saturated carbocycles. The molecule has 0 unspecified atom stereocenters. The molecule has 0 fully saturated rings. The van der Waals surface area contributed by atoms with Crippen molar-refractivity contribution in [3.05, 3.63) is 12.2 Å². The molecule has 0 aliphatic carbocycles. The first kappa shape index (κ1) is 14.7. The Balaban J connectivity index is 3.11. The maximum absolute atomic E-state index is 5.99. The van der Waals surface area contributed by atoms with Gasteiger partial charge in [-0.3, -0.25) is 0 Å². The first-order chi connectivity index (χ1) is 7.31. The molecular weight excluding hydrogens is 180 g/mol. The van der Waals surface area contributed by atoms with Crippen molar-refractivity contribution in [3.63, 3.8) is 0 Å². The average molecular weight is 209 g/mol. The van der Waals surface area contributed by atoms with E-state index in [-0.39, 0.29) is 0 Å². The third-order valence-electron chi connectivity index (χ3n) is 2.95. The van der Waals surface area contributed by atoms with Gasteiger partial charge in [-0.2, -0.15) is 0 Å². The topological polar surface area (TPSA) is 0 Å². The van der Waals surface area contributed by atoms with Crippen LogP contribution in [0.4, 0.5) is 0 Å². The zero-order chi connectivity index (χ0) is 11.4. The summed E-state index contributed by atoms with van der Waals surface area (Å²) in [5, 5.41) is 0. The Morgan fingerprint density at radius 2 is 1.07 bits per heavy atom. The first-order valence-electron chi connectivity index (χ1n) is 6.91. The van der Waals surface area contributed by atoms with Gasteiger partial charge in [-0.15, -0.1) is 0 Å². The maximum Gasteiger partial charge on any atom is -0.0317 e. The van der Waals surface area contributed by atoms with E-state index in [0.29, 0.717) is 0 Å². The summed E-state index contributed by atoms with van der Waals surface area (Å²) in [4.78, 5) is 0. The summed E-state index contributed by atoms with van der Waals surface area (Å²) in [5.74, 6) is 0. The van der Waals surface area contributed by atoms with E-state index in [2.05, 4.69) is 13.8 Å². The van der Waals surface area contributed by atoms with Crippen LogP contribution >= 0.6 is 0 Å². The fraction of sp³-hybridized carbons (Fsp3) is 0.867. The maximum atomic E-state index is 5.99. The van der Waals surface area contributed by atoms with Crippen LogP contribution in [0.2, 0.25) is 0 Å². The summed E-state index contributed by atoms with van der Waals surface area (Å²) in [5.41, 5.74) is 1.24. The molecule has 0 aromatic heterocycles. The monoisotopic (exact) mass is 209 g/mol. The van der Waals surface area contributed by atoms with Crippen LogP contribution in [-0.4, -0.2) is 0 Å². The average Bonchev–Trinajstić information content (AvgIpc) is 2.24. The Labute approximate surface area is 97.2 Å². The Kier molecular flexibility index (Phi) is 11.6. The van der Waals surface area contributed by atoms with Gasteiger partial charge < -0.3 is 0 Å². The smallest absolute Gasteiger partial charge is 0.0317 e. The van der Waals surface area contributed by atoms with Crippen LogP contribution in [-0.2, 0) is 0 Å². The van der Waals surface area contributed by atoms with Gasteiger partial charge in [0.1, 0.15) is 0 Å². The fourth-order valence-corrected chi connectivity index (χ4v) is 1.86. The van der Waals surface area contributed by atoms with E-state index in [1.54, 1.807) is 0 Å². The molecule has 0 aliphatic rings. The lowest BCUT2D eigenvalue weighted by molar-refractivity contribution is 0.609. The zero-order valence-electron chi connectivity index (χ0n) is 10.9. The fourth-order valence-electron chi connectivity index (χ4n) is 1.86. The van der Waals surface area contributed by atoms with Crippen molar-refractivity contribution in [1.29, 1.82) is 0 Å². The molecule has 0 rings (SSSR count). The molecular formula is C15H29. The minimum atomic E-state index is 1.16. The van der Waals surface area contributed by atoms with Crippen molar-refractivity contribution < 1.29 is 0 Å². The minimum Gasteiger partial charge on any atom is -0.0702 e. The van der Waals surface area contributed by atoms with Crippen molar-refractivity contribution in [3.8, 4) is 0 Å². The molecule has 0 N–H and O–H groups in total. The Hall–Kier alpha value is -0.260. The number of rotatable bonds is 11. The third kappa shape index (κ3) is 11.7. The molecule has 89 valence electrons. The second-order valence-electron chi connectivity index (χ2n) is 4.63. The molecule has 0 bridgehead atoms. The molecule has 0 amide bonds. The summed E-state index contributed by atoms with van der Waals surface area (Å²) >= 11 is 0. The van der Waals surface area contributed by atoms with Gasteiger partial charge >= 0.3 is 0 Å². The van der Waals surface area contributed by atoms with E-state index in [1.807, 2.05) is 0 Å². The van der Waals surface area contributed by atoms with E-state index in [9.17, 15) is 0 Å². The predicted octanol–water partition coefficient (Wildman–Crippen LogP) is 5.68. The van der Waals surface area contributed by atoms with Crippen molar-refractivity contribution >= 4 is 0 Å². The van der Waals surface area contributed by atoms with Gasteiger partial charge in [0.2, 0.25) is 0 Å². The number of hydrogen-bond donors (Lipinski definition) is 0. The normalized spacial score (nSPS) is 10.5. The largest absolute Gasteiger partial charge is 0.0702 e. The number of allylic oxidation sites excluding steroid dienone is 1. The third-order valence-corrected chi connectivity index (χ3v) is 2.95. The summed E-state index contributed by atoms with van der Waals surface area (Å²) in [6, 6.07) is 0. The lowest BCUT2D eigenvalue weighted by Crippen LogP contribution is -1.85. The van der Waals surface area contributed by atoms with E-state index < -0.39 is 0 Å². The van der Waals surface area contributed by atoms with E-state index >= 15 is 0 Å². The lowest BCUT2D eigenvalue weighted by atomic mass is 10.0. The Morgan fingerprint density at radius 1 is 0.667 bits per heavy atom. The minimum absolute atomic E-state index is 1.16. The van der Waals surface area contributed by atoms with Crippen LogP contribution in [0.3, 0.4) is 0 Å². The van der Waals surface area contributed by atoms with Gasteiger partial charge in [0.05, 0.1) is 0 Å². The molecule has 0 aliphatic heterocycles. The highest BCUT2D eigenvalue weighted by atomic mass is 14.0. The van der Waals surface area contributed by atoms with Crippen LogP contribution in [0.25, 0.3) is 0 Å². The second-order valence-corrected chi connectivity index (χ2v) is 4.63. The molecule has 0 aromatic carbocycles.